The normalized spacial score (nSPS) is 12.2. The number of anilines is 1. The molecule has 2 aromatic carbocycles. The zero-order valence-electron chi connectivity index (χ0n) is 10.7. The van der Waals surface area contributed by atoms with Gasteiger partial charge in [0.05, 0.1) is 6.04 Å². The molecular formula is C15H15F2NO. The smallest absolute Gasteiger partial charge is 0.125 e. The summed E-state index contributed by atoms with van der Waals surface area (Å²) in [5.74, 6) is -0.753. The van der Waals surface area contributed by atoms with Crippen LogP contribution in [0.1, 0.15) is 24.1 Å². The lowest BCUT2D eigenvalue weighted by Gasteiger charge is -2.18. The number of hydrogen-bond acceptors (Lipinski definition) is 2. The molecule has 0 aliphatic carbocycles. The topological polar surface area (TPSA) is 32.3 Å². The maximum absolute atomic E-state index is 13.2. The first kappa shape index (κ1) is 13.3. The van der Waals surface area contributed by atoms with Crippen molar-refractivity contribution >= 4 is 5.69 Å². The van der Waals surface area contributed by atoms with Crippen LogP contribution < -0.4 is 5.32 Å². The Hall–Kier alpha value is -2.10. The number of phenols is 1. The van der Waals surface area contributed by atoms with Crippen molar-refractivity contribution in [2.24, 2.45) is 0 Å². The van der Waals surface area contributed by atoms with Crippen molar-refractivity contribution in [2.45, 2.75) is 19.9 Å². The summed E-state index contributed by atoms with van der Waals surface area (Å²) in [6.07, 6.45) is 0. The van der Waals surface area contributed by atoms with E-state index in [0.29, 0.717) is 11.3 Å². The second-order valence-electron chi connectivity index (χ2n) is 4.53. The lowest BCUT2D eigenvalue weighted by molar-refractivity contribution is 0.462. The Labute approximate surface area is 110 Å². The van der Waals surface area contributed by atoms with Crippen LogP contribution >= 0.6 is 0 Å². The predicted molar refractivity (Wildman–Crippen MR) is 71.2 cm³/mol. The van der Waals surface area contributed by atoms with Gasteiger partial charge in [0, 0.05) is 11.3 Å². The first-order chi connectivity index (χ1) is 8.97. The average molecular weight is 263 g/mol. The summed E-state index contributed by atoms with van der Waals surface area (Å²) in [5, 5.41) is 12.8. The van der Waals surface area contributed by atoms with Crippen molar-refractivity contribution in [3.8, 4) is 5.75 Å². The van der Waals surface area contributed by atoms with Crippen LogP contribution in [0, 0.1) is 18.6 Å². The van der Waals surface area contributed by atoms with Gasteiger partial charge in [0.2, 0.25) is 0 Å². The van der Waals surface area contributed by atoms with E-state index in [1.165, 1.54) is 30.3 Å². The van der Waals surface area contributed by atoms with Crippen LogP contribution in [0.15, 0.2) is 36.4 Å². The zero-order valence-corrected chi connectivity index (χ0v) is 10.7. The van der Waals surface area contributed by atoms with Crippen molar-refractivity contribution in [1.82, 2.24) is 0 Å². The average Bonchev–Trinajstić information content (AvgIpc) is 2.36. The van der Waals surface area contributed by atoms with Crippen LogP contribution in [0.2, 0.25) is 0 Å². The lowest BCUT2D eigenvalue weighted by Crippen LogP contribution is -2.08. The summed E-state index contributed by atoms with van der Waals surface area (Å²) >= 11 is 0. The summed E-state index contributed by atoms with van der Waals surface area (Å²) < 4.78 is 26.4. The van der Waals surface area contributed by atoms with Gasteiger partial charge in [0.15, 0.2) is 0 Å². The molecule has 0 aliphatic heterocycles. The molecule has 0 amide bonds. The highest BCUT2D eigenvalue weighted by atomic mass is 19.1. The molecule has 2 aromatic rings. The number of aryl methyl sites for hydroxylation is 1. The third-order valence-corrected chi connectivity index (χ3v) is 3.03. The van der Waals surface area contributed by atoms with Gasteiger partial charge in [0.25, 0.3) is 0 Å². The van der Waals surface area contributed by atoms with Crippen molar-refractivity contribution in [1.29, 1.82) is 0 Å². The van der Waals surface area contributed by atoms with Gasteiger partial charge in [-0.3, -0.25) is 0 Å². The van der Waals surface area contributed by atoms with Crippen LogP contribution in [0.25, 0.3) is 0 Å². The predicted octanol–water partition coefficient (Wildman–Crippen LogP) is 4.15. The van der Waals surface area contributed by atoms with Gasteiger partial charge in [-0.25, -0.2) is 8.78 Å². The molecule has 0 saturated carbocycles. The lowest BCUT2D eigenvalue weighted by atomic mass is 10.1. The highest BCUT2D eigenvalue weighted by Gasteiger charge is 2.12. The van der Waals surface area contributed by atoms with Crippen molar-refractivity contribution in [3.63, 3.8) is 0 Å². The Kier molecular flexibility index (Phi) is 3.69. The molecule has 0 bridgehead atoms. The fraction of sp³-hybridized carbons (Fsp3) is 0.200. The Morgan fingerprint density at radius 3 is 2.42 bits per heavy atom. The third-order valence-electron chi connectivity index (χ3n) is 3.03. The van der Waals surface area contributed by atoms with Crippen molar-refractivity contribution < 1.29 is 13.9 Å². The Morgan fingerprint density at radius 2 is 1.68 bits per heavy atom. The number of aromatic hydroxyl groups is 1. The highest BCUT2D eigenvalue weighted by molar-refractivity contribution is 5.53. The van der Waals surface area contributed by atoms with Crippen LogP contribution in [0.4, 0.5) is 14.5 Å². The van der Waals surface area contributed by atoms with E-state index in [1.54, 1.807) is 13.0 Å². The molecule has 0 spiro atoms. The summed E-state index contributed by atoms with van der Waals surface area (Å²) in [4.78, 5) is 0. The zero-order chi connectivity index (χ0) is 14.0. The maximum atomic E-state index is 13.2. The second kappa shape index (κ2) is 5.26. The molecule has 2 nitrogen and oxygen atoms in total. The van der Waals surface area contributed by atoms with Crippen LogP contribution in [0.3, 0.4) is 0 Å². The third kappa shape index (κ3) is 3.02. The number of phenolic OH excluding ortho intramolecular Hbond substituents is 1. The van der Waals surface area contributed by atoms with Gasteiger partial charge >= 0.3 is 0 Å². The van der Waals surface area contributed by atoms with Gasteiger partial charge in [-0.05, 0) is 49.7 Å². The fourth-order valence-corrected chi connectivity index (χ4v) is 1.93. The molecular weight excluding hydrogens is 248 g/mol. The number of hydrogen-bond donors (Lipinski definition) is 2. The number of nitrogens with one attached hydrogen (secondary N) is 1. The molecule has 2 N–H and O–H groups in total. The van der Waals surface area contributed by atoms with E-state index >= 15 is 0 Å². The van der Waals surface area contributed by atoms with E-state index < -0.39 is 5.82 Å². The Balaban J connectivity index is 2.27. The van der Waals surface area contributed by atoms with Gasteiger partial charge < -0.3 is 10.4 Å². The van der Waals surface area contributed by atoms with Gasteiger partial charge in [-0.15, -0.1) is 0 Å². The quantitative estimate of drug-likeness (QED) is 0.871. The molecule has 0 fully saturated rings. The molecule has 0 radical (unpaired) electrons. The molecule has 2 rings (SSSR count). The summed E-state index contributed by atoms with van der Waals surface area (Å²) in [6, 6.07) is 7.85. The minimum Gasteiger partial charge on any atom is -0.508 e. The summed E-state index contributed by atoms with van der Waals surface area (Å²) in [7, 11) is 0. The number of halogens is 2. The minimum atomic E-state index is -0.419. The molecule has 0 aromatic heterocycles. The summed E-state index contributed by atoms with van der Waals surface area (Å²) in [6.45, 7) is 3.62. The minimum absolute atomic E-state index is 0.00968. The van der Waals surface area contributed by atoms with E-state index in [2.05, 4.69) is 5.32 Å². The molecule has 1 atom stereocenters. The molecule has 100 valence electrons. The standard InChI is InChI=1S/C15H15F2NO/c1-9-3-4-12(17)8-14(9)18-10(2)13-7-11(16)5-6-15(13)19/h3-8,10,18-19H,1-2H3. The van der Waals surface area contributed by atoms with Crippen LogP contribution in [-0.2, 0) is 0 Å². The fourth-order valence-electron chi connectivity index (χ4n) is 1.93. The monoisotopic (exact) mass is 263 g/mol. The molecule has 1 unspecified atom stereocenters. The number of benzene rings is 2. The van der Waals surface area contributed by atoms with Crippen molar-refractivity contribution in [3.05, 3.63) is 59.2 Å². The van der Waals surface area contributed by atoms with E-state index in [1.807, 2.05) is 6.92 Å². The Morgan fingerprint density at radius 1 is 1.05 bits per heavy atom. The first-order valence-corrected chi connectivity index (χ1v) is 5.98. The summed E-state index contributed by atoms with van der Waals surface area (Å²) in [5.41, 5.74) is 1.93. The van der Waals surface area contributed by atoms with Gasteiger partial charge in [-0.2, -0.15) is 0 Å². The van der Waals surface area contributed by atoms with Gasteiger partial charge in [0.1, 0.15) is 17.4 Å². The van der Waals surface area contributed by atoms with E-state index in [0.717, 1.165) is 5.56 Å². The van der Waals surface area contributed by atoms with E-state index in [9.17, 15) is 13.9 Å². The largest absolute Gasteiger partial charge is 0.508 e. The number of rotatable bonds is 3. The Bertz CT molecular complexity index is 599. The molecule has 4 heteroatoms. The second-order valence-corrected chi connectivity index (χ2v) is 4.53. The first-order valence-electron chi connectivity index (χ1n) is 5.98. The van der Waals surface area contributed by atoms with Gasteiger partial charge in [-0.1, -0.05) is 6.07 Å². The molecule has 0 heterocycles. The highest BCUT2D eigenvalue weighted by Crippen LogP contribution is 2.28. The maximum Gasteiger partial charge on any atom is 0.125 e. The van der Waals surface area contributed by atoms with Crippen molar-refractivity contribution in [2.75, 3.05) is 5.32 Å². The molecule has 19 heavy (non-hydrogen) atoms. The van der Waals surface area contributed by atoms with Crippen LogP contribution in [0.5, 0.6) is 5.75 Å². The molecule has 0 saturated heterocycles. The SMILES string of the molecule is Cc1ccc(F)cc1NC(C)c1cc(F)ccc1O. The molecule has 0 aliphatic rings. The van der Waals surface area contributed by atoms with Crippen LogP contribution in [-0.4, -0.2) is 5.11 Å². The van der Waals surface area contributed by atoms with E-state index in [4.69, 9.17) is 0 Å². The van der Waals surface area contributed by atoms with E-state index in [-0.39, 0.29) is 17.6 Å².